The molecule has 0 aromatic heterocycles. The first-order valence-electron chi connectivity index (χ1n) is 10.4. The SMILES string of the molecule is CCN(C(=O)OCC1c2ccccc2-c2ccccc21)C1CCC(C(=O)O)CC1. The van der Waals surface area contributed by atoms with Crippen molar-refractivity contribution in [1.82, 2.24) is 4.90 Å². The van der Waals surface area contributed by atoms with Gasteiger partial charge in [-0.3, -0.25) is 4.79 Å². The van der Waals surface area contributed by atoms with E-state index >= 15 is 0 Å². The molecule has 0 spiro atoms. The summed E-state index contributed by atoms with van der Waals surface area (Å²) in [6, 6.07) is 16.7. The number of benzene rings is 2. The van der Waals surface area contributed by atoms with Gasteiger partial charge in [-0.05, 0) is 54.9 Å². The molecule has 152 valence electrons. The van der Waals surface area contributed by atoms with Gasteiger partial charge in [0, 0.05) is 18.5 Å². The number of ether oxygens (including phenoxy) is 1. The molecule has 5 nitrogen and oxygen atoms in total. The Kier molecular flexibility index (Phi) is 5.56. The number of fused-ring (bicyclic) bond motifs is 3. The number of hydrogen-bond donors (Lipinski definition) is 1. The van der Waals surface area contributed by atoms with Gasteiger partial charge in [0.2, 0.25) is 0 Å². The zero-order valence-corrected chi connectivity index (χ0v) is 16.7. The van der Waals surface area contributed by atoms with Gasteiger partial charge in [-0.15, -0.1) is 0 Å². The van der Waals surface area contributed by atoms with Crippen molar-refractivity contribution in [3.8, 4) is 11.1 Å². The number of hydrogen-bond acceptors (Lipinski definition) is 3. The molecule has 29 heavy (non-hydrogen) atoms. The van der Waals surface area contributed by atoms with Gasteiger partial charge >= 0.3 is 12.1 Å². The fraction of sp³-hybridized carbons (Fsp3) is 0.417. The Balaban J connectivity index is 1.43. The van der Waals surface area contributed by atoms with Crippen LogP contribution in [0.25, 0.3) is 11.1 Å². The minimum atomic E-state index is -0.729. The lowest BCUT2D eigenvalue weighted by Gasteiger charge is -2.34. The number of aliphatic carboxylic acids is 1. The smallest absolute Gasteiger partial charge is 0.410 e. The van der Waals surface area contributed by atoms with E-state index in [0.29, 0.717) is 26.0 Å². The summed E-state index contributed by atoms with van der Waals surface area (Å²) in [5, 5.41) is 9.19. The molecule has 5 heteroatoms. The minimum Gasteiger partial charge on any atom is -0.481 e. The van der Waals surface area contributed by atoms with Crippen LogP contribution in [0, 0.1) is 5.92 Å². The van der Waals surface area contributed by atoms with E-state index in [9.17, 15) is 14.7 Å². The van der Waals surface area contributed by atoms with Crippen molar-refractivity contribution in [2.75, 3.05) is 13.2 Å². The van der Waals surface area contributed by atoms with Crippen LogP contribution in [0.15, 0.2) is 48.5 Å². The first kappa shape index (κ1) is 19.5. The third kappa shape index (κ3) is 3.74. The van der Waals surface area contributed by atoms with Gasteiger partial charge in [-0.2, -0.15) is 0 Å². The van der Waals surface area contributed by atoms with Gasteiger partial charge < -0.3 is 14.7 Å². The van der Waals surface area contributed by atoms with Crippen LogP contribution in [0.1, 0.15) is 49.7 Å². The molecule has 0 bridgehead atoms. The number of amides is 1. The topological polar surface area (TPSA) is 66.8 Å². The zero-order valence-electron chi connectivity index (χ0n) is 16.7. The number of carboxylic acids is 1. The van der Waals surface area contributed by atoms with E-state index in [4.69, 9.17) is 4.74 Å². The Labute approximate surface area is 171 Å². The Morgan fingerprint density at radius 3 is 2.03 bits per heavy atom. The second-order valence-corrected chi connectivity index (χ2v) is 7.93. The van der Waals surface area contributed by atoms with Gasteiger partial charge in [0.05, 0.1) is 5.92 Å². The molecule has 0 heterocycles. The fourth-order valence-corrected chi connectivity index (χ4v) is 4.85. The lowest BCUT2D eigenvalue weighted by Crippen LogP contribution is -2.43. The molecule has 1 saturated carbocycles. The van der Waals surface area contributed by atoms with Crippen molar-refractivity contribution in [2.24, 2.45) is 5.92 Å². The van der Waals surface area contributed by atoms with Crippen molar-refractivity contribution in [1.29, 1.82) is 0 Å². The van der Waals surface area contributed by atoms with Gasteiger partial charge in [-0.1, -0.05) is 48.5 Å². The molecule has 2 aliphatic rings. The molecule has 1 N–H and O–H groups in total. The highest BCUT2D eigenvalue weighted by Crippen LogP contribution is 2.44. The van der Waals surface area contributed by atoms with Crippen LogP contribution >= 0.6 is 0 Å². The standard InChI is InChI=1S/C24H27NO4/c1-2-25(17-13-11-16(12-14-17)23(26)27)24(28)29-15-22-20-9-5-3-7-18(20)19-8-4-6-10-21(19)22/h3-10,16-17,22H,2,11-15H2,1H3,(H,26,27). The molecule has 2 aliphatic carbocycles. The van der Waals surface area contributed by atoms with Crippen LogP contribution in [0.5, 0.6) is 0 Å². The third-order valence-corrected chi connectivity index (χ3v) is 6.40. The molecular formula is C24H27NO4. The number of carboxylic acid groups (broad SMARTS) is 1. The molecule has 0 unspecified atom stereocenters. The lowest BCUT2D eigenvalue weighted by atomic mass is 9.85. The van der Waals surface area contributed by atoms with E-state index in [1.165, 1.54) is 22.3 Å². The molecule has 0 radical (unpaired) electrons. The quantitative estimate of drug-likeness (QED) is 0.784. The van der Waals surface area contributed by atoms with E-state index in [1.54, 1.807) is 4.90 Å². The zero-order chi connectivity index (χ0) is 20.4. The molecule has 1 fully saturated rings. The van der Waals surface area contributed by atoms with Gasteiger partial charge in [0.1, 0.15) is 6.61 Å². The van der Waals surface area contributed by atoms with Crippen molar-refractivity contribution in [3.05, 3.63) is 59.7 Å². The second kappa shape index (κ2) is 8.27. The van der Waals surface area contributed by atoms with Crippen LogP contribution < -0.4 is 0 Å². The maximum atomic E-state index is 12.9. The molecule has 2 aromatic rings. The Morgan fingerprint density at radius 1 is 0.966 bits per heavy atom. The van der Waals surface area contributed by atoms with Gasteiger partial charge in [-0.25, -0.2) is 4.79 Å². The third-order valence-electron chi connectivity index (χ3n) is 6.40. The van der Waals surface area contributed by atoms with Gasteiger partial charge in [0.15, 0.2) is 0 Å². The number of carbonyl (C=O) groups excluding carboxylic acids is 1. The Bertz CT molecular complexity index is 856. The highest BCUT2D eigenvalue weighted by Gasteiger charge is 2.33. The summed E-state index contributed by atoms with van der Waals surface area (Å²) in [5.74, 6) is -0.965. The van der Waals surface area contributed by atoms with Crippen LogP contribution in [-0.4, -0.2) is 41.3 Å². The predicted molar refractivity (Wildman–Crippen MR) is 111 cm³/mol. The van der Waals surface area contributed by atoms with E-state index in [-0.39, 0.29) is 24.0 Å². The Hall–Kier alpha value is -2.82. The summed E-state index contributed by atoms with van der Waals surface area (Å²) in [5.41, 5.74) is 4.82. The maximum absolute atomic E-state index is 12.9. The summed E-state index contributed by atoms with van der Waals surface area (Å²) in [4.78, 5) is 25.8. The molecule has 0 saturated heterocycles. The van der Waals surface area contributed by atoms with E-state index in [2.05, 4.69) is 24.3 Å². The maximum Gasteiger partial charge on any atom is 0.410 e. The van der Waals surface area contributed by atoms with Crippen LogP contribution in [-0.2, 0) is 9.53 Å². The van der Waals surface area contributed by atoms with Gasteiger partial charge in [0.25, 0.3) is 0 Å². The summed E-state index contributed by atoms with van der Waals surface area (Å²) >= 11 is 0. The molecule has 4 rings (SSSR count). The lowest BCUT2D eigenvalue weighted by molar-refractivity contribution is -0.143. The monoisotopic (exact) mass is 393 g/mol. The highest BCUT2D eigenvalue weighted by molar-refractivity contribution is 5.79. The molecular weight excluding hydrogens is 366 g/mol. The molecule has 0 aliphatic heterocycles. The first-order valence-corrected chi connectivity index (χ1v) is 10.4. The largest absolute Gasteiger partial charge is 0.481 e. The normalized spacial score (nSPS) is 20.6. The number of nitrogens with zero attached hydrogens (tertiary/aromatic N) is 1. The van der Waals surface area contributed by atoms with Crippen LogP contribution in [0.4, 0.5) is 4.79 Å². The van der Waals surface area contributed by atoms with Crippen molar-refractivity contribution in [2.45, 2.75) is 44.6 Å². The van der Waals surface area contributed by atoms with Crippen LogP contribution in [0.3, 0.4) is 0 Å². The fourth-order valence-electron chi connectivity index (χ4n) is 4.85. The minimum absolute atomic E-state index is 0.0489. The second-order valence-electron chi connectivity index (χ2n) is 7.93. The molecule has 0 atom stereocenters. The molecule has 2 aromatic carbocycles. The van der Waals surface area contributed by atoms with E-state index in [0.717, 1.165) is 12.8 Å². The van der Waals surface area contributed by atoms with Crippen molar-refractivity contribution in [3.63, 3.8) is 0 Å². The van der Waals surface area contributed by atoms with Crippen molar-refractivity contribution >= 4 is 12.1 Å². The number of carbonyl (C=O) groups is 2. The van der Waals surface area contributed by atoms with E-state index < -0.39 is 5.97 Å². The summed E-state index contributed by atoms with van der Waals surface area (Å²) < 4.78 is 5.79. The van der Waals surface area contributed by atoms with E-state index in [1.807, 2.05) is 31.2 Å². The van der Waals surface area contributed by atoms with Crippen molar-refractivity contribution < 1.29 is 19.4 Å². The summed E-state index contributed by atoms with van der Waals surface area (Å²) in [7, 11) is 0. The average Bonchev–Trinajstić information content (AvgIpc) is 3.07. The predicted octanol–water partition coefficient (Wildman–Crippen LogP) is 4.90. The highest BCUT2D eigenvalue weighted by atomic mass is 16.6. The van der Waals surface area contributed by atoms with Crippen LogP contribution in [0.2, 0.25) is 0 Å². The number of rotatable bonds is 5. The first-order chi connectivity index (χ1) is 14.1. The summed E-state index contributed by atoms with van der Waals surface area (Å²) in [6.07, 6.45) is 2.37. The Morgan fingerprint density at radius 2 is 1.52 bits per heavy atom. The average molecular weight is 393 g/mol. The summed E-state index contributed by atoms with van der Waals surface area (Å²) in [6.45, 7) is 2.83. The molecule has 1 amide bonds.